The Bertz CT molecular complexity index is 890. The van der Waals surface area contributed by atoms with Gasteiger partial charge >= 0.3 is 0 Å². The highest BCUT2D eigenvalue weighted by Gasteiger charge is 2.08. The summed E-state index contributed by atoms with van der Waals surface area (Å²) in [7, 11) is 0. The summed E-state index contributed by atoms with van der Waals surface area (Å²) in [6.45, 7) is -0.170. The second kappa shape index (κ2) is 7.47. The van der Waals surface area contributed by atoms with E-state index in [2.05, 4.69) is 20.8 Å². The second-order valence-corrected chi connectivity index (χ2v) is 5.79. The molecule has 6 nitrogen and oxygen atoms in total. The normalized spacial score (nSPS) is 10.8. The Morgan fingerprint density at radius 2 is 2.00 bits per heavy atom. The van der Waals surface area contributed by atoms with Crippen LogP contribution in [0, 0.1) is 0 Å². The lowest BCUT2D eigenvalue weighted by Crippen LogP contribution is -2.35. The van der Waals surface area contributed by atoms with Crippen molar-refractivity contribution in [2.75, 3.05) is 6.54 Å². The van der Waals surface area contributed by atoms with Crippen molar-refractivity contribution in [3.63, 3.8) is 0 Å². The molecule has 3 aromatic rings. The summed E-state index contributed by atoms with van der Waals surface area (Å²) in [5.41, 5.74) is 3.59. The van der Waals surface area contributed by atoms with Crippen molar-refractivity contribution < 1.29 is 9.59 Å². The number of hydrogen-bond acceptors (Lipinski definition) is 5. The van der Waals surface area contributed by atoms with Gasteiger partial charge in [0.05, 0.1) is 12.8 Å². The molecule has 2 aromatic heterocycles. The van der Waals surface area contributed by atoms with Crippen molar-refractivity contribution in [3.8, 4) is 0 Å². The minimum Gasteiger partial charge on any atom is -0.342 e. The van der Waals surface area contributed by atoms with E-state index >= 15 is 0 Å². The second-order valence-electron chi connectivity index (χ2n) is 4.88. The van der Waals surface area contributed by atoms with E-state index in [0.29, 0.717) is 0 Å². The van der Waals surface area contributed by atoms with Gasteiger partial charge in [-0.3, -0.25) is 14.6 Å². The third-order valence-electron chi connectivity index (χ3n) is 3.21. The number of amides is 2. The molecule has 0 unspecified atom stereocenters. The summed E-state index contributed by atoms with van der Waals surface area (Å²) in [6, 6.07) is 13.0. The molecular weight excluding hydrogens is 324 g/mol. The van der Waals surface area contributed by atoms with Gasteiger partial charge < -0.3 is 5.32 Å². The molecule has 0 spiro atoms. The number of nitrogens with zero attached hydrogens (tertiary/aromatic N) is 2. The van der Waals surface area contributed by atoms with Gasteiger partial charge in [-0.2, -0.15) is 5.10 Å². The average Bonchev–Trinajstić information content (AvgIpc) is 3.04. The number of carbonyl (C=O) groups excluding carboxylic acids is 2. The predicted molar refractivity (Wildman–Crippen MR) is 94.1 cm³/mol. The van der Waals surface area contributed by atoms with Crippen LogP contribution in [-0.2, 0) is 4.79 Å². The van der Waals surface area contributed by atoms with Crippen LogP contribution in [0.3, 0.4) is 0 Å². The van der Waals surface area contributed by atoms with Crippen LogP contribution in [0.5, 0.6) is 0 Å². The maximum atomic E-state index is 11.8. The van der Waals surface area contributed by atoms with Crippen molar-refractivity contribution in [3.05, 3.63) is 65.3 Å². The fourth-order valence-electron chi connectivity index (χ4n) is 2.06. The molecule has 2 heterocycles. The Kier molecular flexibility index (Phi) is 4.93. The number of hydrogen-bond donors (Lipinski definition) is 2. The van der Waals surface area contributed by atoms with Gasteiger partial charge in [0, 0.05) is 27.2 Å². The van der Waals surface area contributed by atoms with E-state index < -0.39 is 11.8 Å². The zero-order valence-corrected chi connectivity index (χ0v) is 13.4. The molecule has 0 atom stereocenters. The minimum atomic E-state index is -0.407. The Hall–Kier alpha value is -3.06. The van der Waals surface area contributed by atoms with E-state index in [4.69, 9.17) is 0 Å². The SMILES string of the molecule is O=C(CNC(=O)c1ccccn1)N/N=C/c1csc2ccccc12. The molecule has 0 saturated heterocycles. The van der Waals surface area contributed by atoms with Crippen LogP contribution >= 0.6 is 11.3 Å². The molecule has 7 heteroatoms. The molecule has 1 aromatic carbocycles. The smallest absolute Gasteiger partial charge is 0.270 e. The molecule has 0 saturated carbocycles. The largest absolute Gasteiger partial charge is 0.342 e. The number of fused-ring (bicyclic) bond motifs is 1. The van der Waals surface area contributed by atoms with Crippen molar-refractivity contribution in [2.45, 2.75) is 0 Å². The first-order valence-corrected chi connectivity index (χ1v) is 8.09. The number of pyridine rings is 1. The van der Waals surface area contributed by atoms with Gasteiger partial charge in [0.1, 0.15) is 5.69 Å². The van der Waals surface area contributed by atoms with E-state index in [1.807, 2.05) is 29.6 Å². The monoisotopic (exact) mass is 338 g/mol. The van der Waals surface area contributed by atoms with Gasteiger partial charge in [-0.25, -0.2) is 5.43 Å². The Balaban J connectivity index is 1.51. The number of benzene rings is 1. The van der Waals surface area contributed by atoms with E-state index in [0.717, 1.165) is 15.6 Å². The van der Waals surface area contributed by atoms with E-state index in [9.17, 15) is 9.59 Å². The quantitative estimate of drug-likeness (QED) is 0.552. The summed E-state index contributed by atoms with van der Waals surface area (Å²) in [6.07, 6.45) is 3.11. The molecule has 0 fully saturated rings. The lowest BCUT2D eigenvalue weighted by Gasteiger charge is -2.03. The summed E-state index contributed by atoms with van der Waals surface area (Å²) in [4.78, 5) is 27.4. The lowest BCUT2D eigenvalue weighted by molar-refractivity contribution is -0.120. The van der Waals surface area contributed by atoms with Gasteiger partial charge in [0.15, 0.2) is 0 Å². The van der Waals surface area contributed by atoms with Crippen molar-refractivity contribution in [1.29, 1.82) is 0 Å². The van der Waals surface area contributed by atoms with E-state index in [1.54, 1.807) is 35.8 Å². The maximum Gasteiger partial charge on any atom is 0.270 e. The molecular formula is C17H14N4O2S. The molecule has 0 aliphatic rings. The third-order valence-corrected chi connectivity index (χ3v) is 4.19. The van der Waals surface area contributed by atoms with Gasteiger partial charge in [-0.15, -0.1) is 11.3 Å². The summed E-state index contributed by atoms with van der Waals surface area (Å²) < 4.78 is 1.16. The van der Waals surface area contributed by atoms with Gasteiger partial charge in [-0.1, -0.05) is 24.3 Å². The van der Waals surface area contributed by atoms with E-state index in [1.165, 1.54) is 6.20 Å². The molecule has 0 bridgehead atoms. The molecule has 2 amide bonds. The van der Waals surface area contributed by atoms with Crippen molar-refractivity contribution in [1.82, 2.24) is 15.7 Å². The summed E-state index contributed by atoms with van der Waals surface area (Å²) >= 11 is 1.62. The number of carbonyl (C=O) groups is 2. The Morgan fingerprint density at radius 1 is 1.17 bits per heavy atom. The van der Waals surface area contributed by atoms with Gasteiger partial charge in [0.2, 0.25) is 0 Å². The number of rotatable bonds is 5. The highest BCUT2D eigenvalue weighted by molar-refractivity contribution is 7.17. The minimum absolute atomic E-state index is 0.170. The molecule has 3 rings (SSSR count). The van der Waals surface area contributed by atoms with Gasteiger partial charge in [-0.05, 0) is 18.2 Å². The number of hydrazone groups is 1. The van der Waals surface area contributed by atoms with Crippen LogP contribution in [0.4, 0.5) is 0 Å². The zero-order chi connectivity index (χ0) is 16.8. The highest BCUT2D eigenvalue weighted by atomic mass is 32.1. The first-order valence-electron chi connectivity index (χ1n) is 7.21. The summed E-state index contributed by atoms with van der Waals surface area (Å²) in [5, 5.41) is 9.48. The van der Waals surface area contributed by atoms with Crippen LogP contribution in [-0.4, -0.2) is 29.6 Å². The van der Waals surface area contributed by atoms with Crippen LogP contribution < -0.4 is 10.7 Å². The van der Waals surface area contributed by atoms with Crippen LogP contribution in [0.25, 0.3) is 10.1 Å². The number of thiophene rings is 1. The number of nitrogens with one attached hydrogen (secondary N) is 2. The number of aromatic nitrogens is 1. The fraction of sp³-hybridized carbons (Fsp3) is 0.0588. The standard InChI is InChI=1S/C17H14N4O2S/c22-16(10-19-17(23)14-6-3-4-8-18-14)21-20-9-12-11-24-15-7-2-1-5-13(12)15/h1-9,11H,10H2,(H,19,23)(H,21,22)/b20-9+. The van der Waals surface area contributed by atoms with Crippen LogP contribution in [0.15, 0.2) is 59.1 Å². The van der Waals surface area contributed by atoms with Crippen molar-refractivity contribution >= 4 is 39.5 Å². The Labute approximate surface area is 142 Å². The van der Waals surface area contributed by atoms with Crippen LogP contribution in [0.1, 0.15) is 16.1 Å². The topological polar surface area (TPSA) is 83.5 Å². The maximum absolute atomic E-state index is 11.8. The van der Waals surface area contributed by atoms with E-state index in [-0.39, 0.29) is 12.2 Å². The first-order chi connectivity index (χ1) is 11.7. The molecule has 120 valence electrons. The first kappa shape index (κ1) is 15.8. The summed E-state index contributed by atoms with van der Waals surface area (Å²) in [5.74, 6) is -0.811. The molecule has 0 aliphatic heterocycles. The van der Waals surface area contributed by atoms with Gasteiger partial charge in [0.25, 0.3) is 11.8 Å². The van der Waals surface area contributed by atoms with Crippen LogP contribution in [0.2, 0.25) is 0 Å². The zero-order valence-electron chi connectivity index (χ0n) is 12.6. The molecule has 24 heavy (non-hydrogen) atoms. The highest BCUT2D eigenvalue weighted by Crippen LogP contribution is 2.23. The molecule has 2 N–H and O–H groups in total. The predicted octanol–water partition coefficient (Wildman–Crippen LogP) is 2.18. The average molecular weight is 338 g/mol. The fourth-order valence-corrected chi connectivity index (χ4v) is 2.97. The Morgan fingerprint density at radius 3 is 2.83 bits per heavy atom. The third kappa shape index (κ3) is 3.82. The lowest BCUT2D eigenvalue weighted by atomic mass is 10.2. The molecule has 0 aliphatic carbocycles. The van der Waals surface area contributed by atoms with Crippen molar-refractivity contribution in [2.24, 2.45) is 5.10 Å². The molecule has 0 radical (unpaired) electrons.